The zero-order valence-electron chi connectivity index (χ0n) is 7.79. The second-order valence-corrected chi connectivity index (χ2v) is 3.54. The summed E-state index contributed by atoms with van der Waals surface area (Å²) in [5.74, 6) is 0. The number of ether oxygens (including phenoxy) is 1. The Morgan fingerprint density at radius 1 is 1.46 bits per heavy atom. The first-order valence-electron chi connectivity index (χ1n) is 4.50. The van der Waals surface area contributed by atoms with Crippen molar-refractivity contribution in [2.45, 2.75) is 5.41 Å². The number of likely N-dealkylation sites (N-methyl/N-ethyl adjacent to an activating group) is 1. The van der Waals surface area contributed by atoms with Crippen molar-refractivity contribution in [2.75, 3.05) is 26.8 Å². The average Bonchev–Trinajstić information content (AvgIpc) is 2.13. The lowest BCUT2D eigenvalue weighted by atomic mass is 9.79. The zero-order valence-corrected chi connectivity index (χ0v) is 7.79. The summed E-state index contributed by atoms with van der Waals surface area (Å²) >= 11 is 0. The molecule has 3 heteroatoms. The molecule has 0 unspecified atom stereocenters. The lowest BCUT2D eigenvalue weighted by molar-refractivity contribution is -0.0582. The molecule has 0 radical (unpaired) electrons. The Morgan fingerprint density at radius 2 is 2.15 bits per heavy atom. The lowest BCUT2D eigenvalue weighted by Gasteiger charge is -2.41. The van der Waals surface area contributed by atoms with Crippen LogP contribution >= 0.6 is 0 Å². The summed E-state index contributed by atoms with van der Waals surface area (Å²) in [7, 11) is 1.97. The van der Waals surface area contributed by atoms with Gasteiger partial charge in [0.05, 0.1) is 18.6 Å². The highest BCUT2D eigenvalue weighted by Crippen LogP contribution is 2.30. The Balaban J connectivity index is 2.22. The summed E-state index contributed by atoms with van der Waals surface area (Å²) in [6, 6.07) is 4.14. The Hall–Kier alpha value is -0.930. The molecule has 1 N–H and O–H groups in total. The van der Waals surface area contributed by atoms with Gasteiger partial charge < -0.3 is 10.1 Å². The summed E-state index contributed by atoms with van der Waals surface area (Å²) < 4.78 is 5.28. The van der Waals surface area contributed by atoms with Gasteiger partial charge in [0.1, 0.15) is 0 Å². The number of rotatable bonds is 3. The second-order valence-electron chi connectivity index (χ2n) is 3.54. The van der Waals surface area contributed by atoms with Gasteiger partial charge in [0.2, 0.25) is 0 Å². The monoisotopic (exact) mass is 178 g/mol. The van der Waals surface area contributed by atoms with E-state index in [1.165, 1.54) is 5.56 Å². The maximum Gasteiger partial charge on any atom is 0.0598 e. The molecule has 0 amide bonds. The van der Waals surface area contributed by atoms with Crippen molar-refractivity contribution in [1.82, 2.24) is 10.3 Å². The quantitative estimate of drug-likeness (QED) is 0.734. The van der Waals surface area contributed by atoms with E-state index in [0.717, 1.165) is 19.8 Å². The highest BCUT2D eigenvalue weighted by molar-refractivity contribution is 5.26. The molecule has 1 aromatic heterocycles. The topological polar surface area (TPSA) is 34.2 Å². The van der Waals surface area contributed by atoms with E-state index in [4.69, 9.17) is 4.74 Å². The van der Waals surface area contributed by atoms with E-state index in [1.807, 2.05) is 19.4 Å². The van der Waals surface area contributed by atoms with Crippen LogP contribution in [0.5, 0.6) is 0 Å². The average molecular weight is 178 g/mol. The highest BCUT2D eigenvalue weighted by atomic mass is 16.5. The summed E-state index contributed by atoms with van der Waals surface area (Å²) in [5, 5.41) is 3.21. The van der Waals surface area contributed by atoms with Crippen LogP contribution in [0.3, 0.4) is 0 Å². The molecular formula is C10H14N2O. The minimum absolute atomic E-state index is 0.192. The third kappa shape index (κ3) is 1.45. The van der Waals surface area contributed by atoms with Crippen LogP contribution < -0.4 is 5.32 Å². The van der Waals surface area contributed by atoms with E-state index >= 15 is 0 Å². The van der Waals surface area contributed by atoms with Gasteiger partial charge >= 0.3 is 0 Å². The number of pyridine rings is 1. The predicted octanol–water partition coefficient (Wildman–Crippen LogP) is 0.569. The molecule has 2 heterocycles. The van der Waals surface area contributed by atoms with E-state index in [9.17, 15) is 0 Å². The Kier molecular flexibility index (Phi) is 2.29. The molecule has 0 aromatic carbocycles. The number of hydrogen-bond donors (Lipinski definition) is 1. The van der Waals surface area contributed by atoms with Crippen molar-refractivity contribution >= 4 is 0 Å². The van der Waals surface area contributed by atoms with Crippen molar-refractivity contribution < 1.29 is 4.74 Å². The van der Waals surface area contributed by atoms with E-state index in [-0.39, 0.29) is 5.41 Å². The molecule has 0 bridgehead atoms. The standard InChI is InChI=1S/C10H14N2O/c1-11-6-10(7-13-8-10)9-2-4-12-5-3-9/h2-5,11H,6-8H2,1H3. The first kappa shape index (κ1) is 8.66. The van der Waals surface area contributed by atoms with Crippen LogP contribution in [0, 0.1) is 0 Å². The van der Waals surface area contributed by atoms with Crippen molar-refractivity contribution in [3.63, 3.8) is 0 Å². The van der Waals surface area contributed by atoms with Crippen LogP contribution in [-0.4, -0.2) is 31.8 Å². The third-order valence-electron chi connectivity index (χ3n) is 2.56. The van der Waals surface area contributed by atoms with E-state index < -0.39 is 0 Å². The van der Waals surface area contributed by atoms with E-state index in [1.54, 1.807) is 0 Å². The molecule has 2 rings (SSSR count). The molecule has 1 aliphatic rings. The van der Waals surface area contributed by atoms with Crippen LogP contribution in [0.25, 0.3) is 0 Å². The molecule has 3 nitrogen and oxygen atoms in total. The predicted molar refractivity (Wildman–Crippen MR) is 50.7 cm³/mol. The molecule has 0 atom stereocenters. The summed E-state index contributed by atoms with van der Waals surface area (Å²) in [4.78, 5) is 4.02. The van der Waals surface area contributed by atoms with Gasteiger partial charge in [-0.3, -0.25) is 4.98 Å². The van der Waals surface area contributed by atoms with Crippen LogP contribution in [0.1, 0.15) is 5.56 Å². The maximum atomic E-state index is 5.28. The molecule has 1 aromatic rings. The molecular weight excluding hydrogens is 164 g/mol. The van der Waals surface area contributed by atoms with Crippen molar-refractivity contribution in [3.05, 3.63) is 30.1 Å². The van der Waals surface area contributed by atoms with Gasteiger partial charge in [-0.15, -0.1) is 0 Å². The summed E-state index contributed by atoms with van der Waals surface area (Å²) in [5.41, 5.74) is 1.51. The smallest absolute Gasteiger partial charge is 0.0598 e. The fourth-order valence-electron chi connectivity index (χ4n) is 1.76. The Bertz CT molecular complexity index is 270. The number of hydrogen-bond acceptors (Lipinski definition) is 3. The minimum Gasteiger partial charge on any atom is -0.379 e. The van der Waals surface area contributed by atoms with Crippen molar-refractivity contribution in [1.29, 1.82) is 0 Å². The molecule has 1 saturated heterocycles. The van der Waals surface area contributed by atoms with Crippen LogP contribution in [0.4, 0.5) is 0 Å². The van der Waals surface area contributed by atoms with Crippen molar-refractivity contribution in [2.24, 2.45) is 0 Å². The molecule has 13 heavy (non-hydrogen) atoms. The molecule has 1 aliphatic heterocycles. The second kappa shape index (κ2) is 3.44. The summed E-state index contributed by atoms with van der Waals surface area (Å²) in [6.45, 7) is 2.60. The first-order valence-corrected chi connectivity index (χ1v) is 4.50. The Morgan fingerprint density at radius 3 is 2.62 bits per heavy atom. The number of aromatic nitrogens is 1. The van der Waals surface area contributed by atoms with Crippen molar-refractivity contribution in [3.8, 4) is 0 Å². The minimum atomic E-state index is 0.192. The molecule has 0 aliphatic carbocycles. The SMILES string of the molecule is CNCC1(c2ccncc2)COC1. The fraction of sp³-hybridized carbons (Fsp3) is 0.500. The third-order valence-corrected chi connectivity index (χ3v) is 2.56. The lowest BCUT2D eigenvalue weighted by Crippen LogP contribution is -2.52. The number of nitrogens with zero attached hydrogens (tertiary/aromatic N) is 1. The fourth-order valence-corrected chi connectivity index (χ4v) is 1.76. The van der Waals surface area contributed by atoms with Gasteiger partial charge in [0.25, 0.3) is 0 Å². The molecule has 70 valence electrons. The summed E-state index contributed by atoms with van der Waals surface area (Å²) in [6.07, 6.45) is 3.68. The van der Waals surface area contributed by atoms with Crippen LogP contribution in [-0.2, 0) is 10.2 Å². The molecule has 0 spiro atoms. The zero-order chi connectivity index (χ0) is 9.15. The highest BCUT2D eigenvalue weighted by Gasteiger charge is 2.39. The molecule has 0 saturated carbocycles. The maximum absolute atomic E-state index is 5.28. The van der Waals surface area contributed by atoms with Gasteiger partial charge in [-0.1, -0.05) is 0 Å². The van der Waals surface area contributed by atoms with Gasteiger partial charge in [0, 0.05) is 18.9 Å². The van der Waals surface area contributed by atoms with Crippen LogP contribution in [0.2, 0.25) is 0 Å². The van der Waals surface area contributed by atoms with E-state index in [0.29, 0.717) is 0 Å². The number of nitrogens with one attached hydrogen (secondary N) is 1. The normalized spacial score (nSPS) is 19.5. The first-order chi connectivity index (χ1) is 6.37. The Labute approximate surface area is 78.1 Å². The molecule has 1 fully saturated rings. The van der Waals surface area contributed by atoms with Gasteiger partial charge in [0.15, 0.2) is 0 Å². The largest absolute Gasteiger partial charge is 0.379 e. The van der Waals surface area contributed by atoms with Gasteiger partial charge in [-0.25, -0.2) is 0 Å². The van der Waals surface area contributed by atoms with Gasteiger partial charge in [-0.05, 0) is 24.7 Å². The van der Waals surface area contributed by atoms with Gasteiger partial charge in [-0.2, -0.15) is 0 Å². The van der Waals surface area contributed by atoms with Crippen LogP contribution in [0.15, 0.2) is 24.5 Å². The van der Waals surface area contributed by atoms with E-state index in [2.05, 4.69) is 22.4 Å².